The fraction of sp³-hybridized carbons (Fsp3) is 0.280. The highest BCUT2D eigenvalue weighted by atomic mass is 32.2. The van der Waals surface area contributed by atoms with Crippen molar-refractivity contribution in [1.29, 1.82) is 0 Å². The maximum atomic E-state index is 13.3. The summed E-state index contributed by atoms with van der Waals surface area (Å²) in [5.41, 5.74) is 1.87. The van der Waals surface area contributed by atoms with Crippen molar-refractivity contribution in [3.63, 3.8) is 0 Å². The third-order valence-corrected chi connectivity index (χ3v) is 9.30. The van der Waals surface area contributed by atoms with Gasteiger partial charge in [0.2, 0.25) is 20.0 Å². The molecule has 0 N–H and O–H groups in total. The Bertz CT molecular complexity index is 1210. The molecule has 0 aromatic heterocycles. The number of nitrogens with zero attached hydrogens (tertiary/aromatic N) is 2. The second-order valence-electron chi connectivity index (χ2n) is 7.89. The third-order valence-electron chi connectivity index (χ3n) is 5.53. The molecule has 0 radical (unpaired) electrons. The molecule has 2 aromatic rings. The van der Waals surface area contributed by atoms with Gasteiger partial charge in [0.1, 0.15) is 0 Å². The molecule has 33 heavy (non-hydrogen) atoms. The van der Waals surface area contributed by atoms with Crippen molar-refractivity contribution in [2.45, 2.75) is 42.1 Å². The normalized spacial score (nSPS) is 18.4. The van der Waals surface area contributed by atoms with Crippen LogP contribution in [0.3, 0.4) is 0 Å². The second-order valence-corrected chi connectivity index (χ2v) is 11.7. The first kappa shape index (κ1) is 24.8. The molecule has 0 fully saturated rings. The minimum atomic E-state index is -3.89. The summed E-state index contributed by atoms with van der Waals surface area (Å²) >= 11 is 0. The average molecular weight is 483 g/mol. The lowest BCUT2D eigenvalue weighted by atomic mass is 10.2. The highest BCUT2D eigenvalue weighted by molar-refractivity contribution is 7.89. The van der Waals surface area contributed by atoms with Gasteiger partial charge in [-0.25, -0.2) is 16.8 Å². The summed E-state index contributed by atoms with van der Waals surface area (Å²) in [4.78, 5) is 0.265. The summed E-state index contributed by atoms with van der Waals surface area (Å²) in [6, 6.07) is 11.8. The summed E-state index contributed by atoms with van der Waals surface area (Å²) in [6.07, 6.45) is 14.5. The van der Waals surface area contributed by atoms with Crippen molar-refractivity contribution in [3.8, 4) is 24.7 Å². The molecule has 1 aliphatic carbocycles. The Labute approximate surface area is 197 Å². The number of rotatable bonds is 8. The molecule has 6 nitrogen and oxygen atoms in total. The Hall–Kier alpha value is -2.88. The third kappa shape index (κ3) is 5.21. The van der Waals surface area contributed by atoms with Crippen LogP contribution in [0.4, 0.5) is 0 Å². The largest absolute Gasteiger partial charge is 0.244 e. The molecule has 0 heterocycles. The molecular formula is C25H26N2O4S2. The predicted molar refractivity (Wildman–Crippen MR) is 129 cm³/mol. The zero-order valence-electron chi connectivity index (χ0n) is 18.5. The minimum absolute atomic E-state index is 0.132. The smallest absolute Gasteiger partial charge is 0.207 e. The van der Waals surface area contributed by atoms with Crippen LogP contribution >= 0.6 is 0 Å². The van der Waals surface area contributed by atoms with E-state index in [1.807, 2.05) is 13.8 Å². The predicted octanol–water partition coefficient (Wildman–Crippen LogP) is 2.95. The van der Waals surface area contributed by atoms with E-state index < -0.39 is 32.1 Å². The molecule has 0 bridgehead atoms. The molecule has 2 aromatic carbocycles. The maximum Gasteiger partial charge on any atom is 0.244 e. The molecule has 0 saturated carbocycles. The van der Waals surface area contributed by atoms with Crippen LogP contribution in [-0.4, -0.2) is 50.6 Å². The van der Waals surface area contributed by atoms with Gasteiger partial charge in [-0.1, -0.05) is 59.4 Å². The monoisotopic (exact) mass is 482 g/mol. The van der Waals surface area contributed by atoms with E-state index in [2.05, 4.69) is 11.8 Å². The first-order valence-corrected chi connectivity index (χ1v) is 13.2. The van der Waals surface area contributed by atoms with Crippen molar-refractivity contribution >= 4 is 20.0 Å². The lowest BCUT2D eigenvalue weighted by molar-refractivity contribution is 0.327. The van der Waals surface area contributed by atoms with E-state index in [-0.39, 0.29) is 29.3 Å². The first-order chi connectivity index (χ1) is 15.6. The fourth-order valence-corrected chi connectivity index (χ4v) is 6.74. The topological polar surface area (TPSA) is 74.8 Å². The number of hydrogen-bond acceptors (Lipinski definition) is 4. The molecule has 0 saturated heterocycles. The molecule has 3 rings (SSSR count). The van der Waals surface area contributed by atoms with Gasteiger partial charge in [0.05, 0.1) is 22.9 Å². The quantitative estimate of drug-likeness (QED) is 0.428. The summed E-state index contributed by atoms with van der Waals surface area (Å²) in [7, 11) is -7.77. The first-order valence-electron chi connectivity index (χ1n) is 10.3. The van der Waals surface area contributed by atoms with Crippen molar-refractivity contribution in [1.82, 2.24) is 8.61 Å². The number of aryl methyl sites for hydroxylation is 2. The van der Waals surface area contributed by atoms with Gasteiger partial charge in [0.15, 0.2) is 0 Å². The summed E-state index contributed by atoms with van der Waals surface area (Å²) in [5.74, 6) is 4.82. The molecule has 0 aliphatic heterocycles. The van der Waals surface area contributed by atoms with Crippen LogP contribution in [0.2, 0.25) is 0 Å². The van der Waals surface area contributed by atoms with Gasteiger partial charge < -0.3 is 0 Å². The Morgan fingerprint density at radius 1 is 0.727 bits per heavy atom. The molecule has 172 valence electrons. The lowest BCUT2D eigenvalue weighted by Gasteiger charge is -2.29. The van der Waals surface area contributed by atoms with Gasteiger partial charge in [0.25, 0.3) is 0 Å². The van der Waals surface area contributed by atoms with Crippen molar-refractivity contribution in [3.05, 3.63) is 71.8 Å². The van der Waals surface area contributed by atoms with E-state index in [1.54, 1.807) is 36.4 Å². The van der Waals surface area contributed by atoms with Crippen molar-refractivity contribution in [2.24, 2.45) is 0 Å². The SMILES string of the molecule is C#CCN([C@@H]1C=C[C@H](N(CC#C)S(=O)(=O)c2ccc(C)cc2)C1)S(=O)(=O)c1ccc(C)cc1. The van der Waals surface area contributed by atoms with Crippen LogP contribution in [0.25, 0.3) is 0 Å². The van der Waals surface area contributed by atoms with Gasteiger partial charge in [-0.15, -0.1) is 12.8 Å². The molecule has 2 atom stereocenters. The van der Waals surface area contributed by atoms with Gasteiger partial charge in [-0.2, -0.15) is 8.61 Å². The fourth-order valence-electron chi connectivity index (χ4n) is 3.72. The van der Waals surface area contributed by atoms with E-state index in [4.69, 9.17) is 12.8 Å². The number of sulfonamides is 2. The van der Waals surface area contributed by atoms with Crippen molar-refractivity contribution < 1.29 is 16.8 Å². The number of terminal acetylenes is 2. The van der Waals surface area contributed by atoms with Crippen LogP contribution in [0.15, 0.2) is 70.5 Å². The molecule has 0 spiro atoms. The second kappa shape index (κ2) is 9.94. The summed E-state index contributed by atoms with van der Waals surface area (Å²) in [5, 5.41) is 0. The Morgan fingerprint density at radius 2 is 1.06 bits per heavy atom. The van der Waals surface area contributed by atoms with Gasteiger partial charge in [-0.05, 0) is 44.5 Å². The van der Waals surface area contributed by atoms with Crippen LogP contribution in [-0.2, 0) is 20.0 Å². The maximum absolute atomic E-state index is 13.3. The number of benzene rings is 2. The average Bonchev–Trinajstić information content (AvgIpc) is 3.25. The highest BCUT2D eigenvalue weighted by Gasteiger charge is 2.38. The molecule has 0 amide bonds. The molecule has 0 unspecified atom stereocenters. The number of hydrogen-bond donors (Lipinski definition) is 0. The Morgan fingerprint density at radius 3 is 1.36 bits per heavy atom. The van der Waals surface area contributed by atoms with Gasteiger partial charge >= 0.3 is 0 Å². The minimum Gasteiger partial charge on any atom is -0.207 e. The van der Waals surface area contributed by atoms with Crippen LogP contribution in [0.5, 0.6) is 0 Å². The van der Waals surface area contributed by atoms with Gasteiger partial charge in [0, 0.05) is 12.1 Å². The molecular weight excluding hydrogens is 456 g/mol. The van der Waals surface area contributed by atoms with E-state index in [1.165, 1.54) is 32.9 Å². The Balaban J connectivity index is 1.90. The van der Waals surface area contributed by atoms with Gasteiger partial charge in [-0.3, -0.25) is 0 Å². The zero-order chi connectivity index (χ0) is 24.2. The molecule has 1 aliphatic rings. The van der Waals surface area contributed by atoms with Crippen LogP contribution < -0.4 is 0 Å². The zero-order valence-corrected chi connectivity index (χ0v) is 20.2. The Kier molecular flexibility index (Phi) is 7.46. The van der Waals surface area contributed by atoms with E-state index in [9.17, 15) is 16.8 Å². The van der Waals surface area contributed by atoms with Crippen LogP contribution in [0, 0.1) is 38.5 Å². The standard InChI is InChI=1S/C25H26N2O4S2/c1-5-17-26(32(28,29)24-13-7-20(3)8-14-24)22-11-12-23(19-22)27(18-6-2)33(30,31)25-15-9-21(4)10-16-25/h1-2,7-16,22-23H,17-19H2,3-4H3/t22-,23+. The summed E-state index contributed by atoms with van der Waals surface area (Å²) < 4.78 is 55.7. The van der Waals surface area contributed by atoms with Crippen molar-refractivity contribution in [2.75, 3.05) is 13.1 Å². The summed E-state index contributed by atoms with van der Waals surface area (Å²) in [6.45, 7) is 3.46. The highest BCUT2D eigenvalue weighted by Crippen LogP contribution is 2.30. The molecule has 8 heteroatoms. The van der Waals surface area contributed by atoms with E-state index in [0.29, 0.717) is 0 Å². The van der Waals surface area contributed by atoms with E-state index >= 15 is 0 Å². The van der Waals surface area contributed by atoms with Crippen LogP contribution in [0.1, 0.15) is 17.5 Å². The lowest BCUT2D eigenvalue weighted by Crippen LogP contribution is -2.43. The van der Waals surface area contributed by atoms with E-state index in [0.717, 1.165) is 11.1 Å².